The molecular weight excluding hydrogens is 242 g/mol. The molecule has 0 aromatic carbocycles. The van der Waals surface area contributed by atoms with Gasteiger partial charge in [0.2, 0.25) is 11.8 Å². The number of aromatic nitrogens is 1. The number of carbonyl (C=O) groups is 1. The lowest BCUT2D eigenvalue weighted by Crippen LogP contribution is -2.40. The molecule has 0 N–H and O–H groups in total. The number of methoxy groups -OCH3 is 1. The Kier molecular flexibility index (Phi) is 4.04. The molecule has 0 saturated heterocycles. The van der Waals surface area contributed by atoms with Gasteiger partial charge in [-0.15, -0.1) is 0 Å². The monoisotopic (exact) mass is 263 g/mol. The average molecular weight is 263 g/mol. The Hall–Kier alpha value is -1.62. The summed E-state index contributed by atoms with van der Waals surface area (Å²) in [4.78, 5) is 20.4. The highest BCUT2D eigenvalue weighted by molar-refractivity contribution is 5.95. The number of anilines is 1. The van der Waals surface area contributed by atoms with Gasteiger partial charge in [-0.2, -0.15) is 4.98 Å². The Morgan fingerprint density at radius 2 is 2.16 bits per heavy atom. The third-order valence-corrected chi connectivity index (χ3v) is 3.43. The van der Waals surface area contributed by atoms with Crippen molar-refractivity contribution < 1.29 is 9.53 Å². The van der Waals surface area contributed by atoms with Gasteiger partial charge in [0, 0.05) is 25.6 Å². The molecule has 0 spiro atoms. The summed E-state index contributed by atoms with van der Waals surface area (Å²) in [6, 6.07) is 1.93. The summed E-state index contributed by atoms with van der Waals surface area (Å²) in [6.45, 7) is 3.53. The van der Waals surface area contributed by atoms with Crippen molar-refractivity contribution in [3.05, 3.63) is 17.2 Å². The molecule has 1 aliphatic heterocycles. The maximum Gasteiger partial charge on any atom is 0.228 e. The molecule has 19 heavy (non-hydrogen) atoms. The van der Waals surface area contributed by atoms with E-state index in [1.54, 1.807) is 12.0 Å². The molecule has 0 bridgehead atoms. The number of likely N-dealkylation sites (N-methyl/N-ethyl adjacent to an activating group) is 1. The van der Waals surface area contributed by atoms with Gasteiger partial charge in [-0.25, -0.2) is 0 Å². The molecule has 0 saturated carbocycles. The molecule has 1 amide bonds. The largest absolute Gasteiger partial charge is 0.481 e. The molecule has 5 heteroatoms. The van der Waals surface area contributed by atoms with E-state index in [0.717, 1.165) is 24.3 Å². The van der Waals surface area contributed by atoms with Gasteiger partial charge in [0.15, 0.2) is 0 Å². The molecule has 0 atom stereocenters. The van der Waals surface area contributed by atoms with Crippen LogP contribution in [0, 0.1) is 6.92 Å². The fourth-order valence-electron chi connectivity index (χ4n) is 2.31. The second-order valence-corrected chi connectivity index (χ2v) is 5.13. The van der Waals surface area contributed by atoms with E-state index in [0.29, 0.717) is 18.8 Å². The van der Waals surface area contributed by atoms with Gasteiger partial charge in [-0.3, -0.25) is 9.69 Å². The predicted molar refractivity (Wildman–Crippen MR) is 74.8 cm³/mol. The summed E-state index contributed by atoms with van der Waals surface area (Å²) in [5.74, 6) is 1.49. The first kappa shape index (κ1) is 13.8. The second kappa shape index (κ2) is 5.57. The molecule has 2 heterocycles. The standard InChI is InChI=1S/C14H21N3O2/c1-10-9-12(19-4)15-14-11(10)5-6-13(18)17(14)8-7-16(2)3/h9H,5-8H2,1-4H3. The van der Waals surface area contributed by atoms with E-state index in [4.69, 9.17) is 4.74 Å². The van der Waals surface area contributed by atoms with E-state index in [1.165, 1.54) is 5.56 Å². The molecule has 1 aromatic heterocycles. The van der Waals surface area contributed by atoms with Crippen LogP contribution >= 0.6 is 0 Å². The zero-order valence-corrected chi connectivity index (χ0v) is 12.1. The van der Waals surface area contributed by atoms with Crippen molar-refractivity contribution in [1.82, 2.24) is 9.88 Å². The minimum absolute atomic E-state index is 0.148. The fraction of sp³-hybridized carbons (Fsp3) is 0.571. The molecule has 1 aromatic rings. The van der Waals surface area contributed by atoms with Crippen LogP contribution in [0.25, 0.3) is 0 Å². The van der Waals surface area contributed by atoms with Crippen molar-refractivity contribution in [1.29, 1.82) is 0 Å². The van der Waals surface area contributed by atoms with Crippen molar-refractivity contribution >= 4 is 11.7 Å². The van der Waals surface area contributed by atoms with Crippen LogP contribution in [0.2, 0.25) is 0 Å². The zero-order valence-electron chi connectivity index (χ0n) is 12.1. The first-order valence-corrected chi connectivity index (χ1v) is 6.52. The summed E-state index contributed by atoms with van der Waals surface area (Å²) in [6.07, 6.45) is 1.34. The first-order valence-electron chi connectivity index (χ1n) is 6.52. The molecule has 0 aliphatic carbocycles. The Morgan fingerprint density at radius 3 is 2.79 bits per heavy atom. The lowest BCUT2D eigenvalue weighted by atomic mass is 10.0. The van der Waals surface area contributed by atoms with Gasteiger partial charge in [0.25, 0.3) is 0 Å². The summed E-state index contributed by atoms with van der Waals surface area (Å²) in [7, 11) is 5.60. The molecule has 0 unspecified atom stereocenters. The van der Waals surface area contributed by atoms with Gasteiger partial charge in [0.1, 0.15) is 5.82 Å². The van der Waals surface area contributed by atoms with Crippen LogP contribution in [0.5, 0.6) is 5.88 Å². The Labute approximate surface area is 114 Å². The van der Waals surface area contributed by atoms with E-state index < -0.39 is 0 Å². The number of amides is 1. The van der Waals surface area contributed by atoms with Gasteiger partial charge in [-0.1, -0.05) is 0 Å². The van der Waals surface area contributed by atoms with Gasteiger partial charge >= 0.3 is 0 Å². The third-order valence-electron chi connectivity index (χ3n) is 3.43. The molecule has 2 rings (SSSR count). The lowest BCUT2D eigenvalue weighted by molar-refractivity contribution is -0.119. The Balaban J connectivity index is 2.36. The maximum atomic E-state index is 12.1. The van der Waals surface area contributed by atoms with Crippen molar-refractivity contribution in [3.8, 4) is 5.88 Å². The summed E-state index contributed by atoms with van der Waals surface area (Å²) in [5.41, 5.74) is 2.31. The van der Waals surface area contributed by atoms with Crippen LogP contribution < -0.4 is 9.64 Å². The van der Waals surface area contributed by atoms with E-state index >= 15 is 0 Å². The molecule has 0 fully saturated rings. The van der Waals surface area contributed by atoms with Crippen LogP contribution in [0.1, 0.15) is 17.5 Å². The van der Waals surface area contributed by atoms with E-state index in [9.17, 15) is 4.79 Å². The van der Waals surface area contributed by atoms with Gasteiger partial charge < -0.3 is 9.64 Å². The molecule has 0 radical (unpaired) electrons. The van der Waals surface area contributed by atoms with Crippen LogP contribution in [-0.4, -0.2) is 50.1 Å². The normalized spacial score (nSPS) is 14.8. The van der Waals surface area contributed by atoms with Crippen LogP contribution in [0.3, 0.4) is 0 Å². The van der Waals surface area contributed by atoms with Crippen molar-refractivity contribution in [2.75, 3.05) is 39.2 Å². The van der Waals surface area contributed by atoms with Crippen molar-refractivity contribution in [2.24, 2.45) is 0 Å². The van der Waals surface area contributed by atoms with E-state index in [2.05, 4.69) is 9.88 Å². The SMILES string of the molecule is COc1cc(C)c2c(n1)N(CCN(C)C)C(=O)CC2. The summed E-state index contributed by atoms with van der Waals surface area (Å²) in [5, 5.41) is 0. The summed E-state index contributed by atoms with van der Waals surface area (Å²) < 4.78 is 5.21. The number of pyridine rings is 1. The minimum Gasteiger partial charge on any atom is -0.481 e. The minimum atomic E-state index is 0.148. The molecule has 104 valence electrons. The van der Waals surface area contributed by atoms with Crippen molar-refractivity contribution in [3.63, 3.8) is 0 Å². The van der Waals surface area contributed by atoms with E-state index in [-0.39, 0.29) is 5.91 Å². The fourth-order valence-corrected chi connectivity index (χ4v) is 2.31. The topological polar surface area (TPSA) is 45.7 Å². The number of fused-ring (bicyclic) bond motifs is 1. The van der Waals surface area contributed by atoms with Gasteiger partial charge in [0.05, 0.1) is 7.11 Å². The van der Waals surface area contributed by atoms with Crippen LogP contribution in [-0.2, 0) is 11.2 Å². The number of nitrogens with zero attached hydrogens (tertiary/aromatic N) is 3. The second-order valence-electron chi connectivity index (χ2n) is 5.13. The van der Waals surface area contributed by atoms with Crippen LogP contribution in [0.15, 0.2) is 6.07 Å². The number of hydrogen-bond acceptors (Lipinski definition) is 4. The Bertz CT molecular complexity index is 486. The van der Waals surface area contributed by atoms with Crippen molar-refractivity contribution in [2.45, 2.75) is 19.8 Å². The third kappa shape index (κ3) is 2.87. The highest BCUT2D eigenvalue weighted by atomic mass is 16.5. The van der Waals surface area contributed by atoms with E-state index in [1.807, 2.05) is 27.1 Å². The Morgan fingerprint density at radius 1 is 1.42 bits per heavy atom. The van der Waals surface area contributed by atoms with Gasteiger partial charge in [-0.05, 0) is 38.6 Å². The smallest absolute Gasteiger partial charge is 0.228 e. The first-order chi connectivity index (χ1) is 9.02. The molecular formula is C14H21N3O2. The predicted octanol–water partition coefficient (Wildman–Crippen LogP) is 1.24. The molecule has 1 aliphatic rings. The highest BCUT2D eigenvalue weighted by Crippen LogP contribution is 2.30. The highest BCUT2D eigenvalue weighted by Gasteiger charge is 2.27. The maximum absolute atomic E-state index is 12.1. The zero-order chi connectivity index (χ0) is 14.0. The quantitative estimate of drug-likeness (QED) is 0.820. The number of hydrogen-bond donors (Lipinski definition) is 0. The average Bonchev–Trinajstić information content (AvgIpc) is 2.36. The number of carbonyl (C=O) groups excluding carboxylic acids is 1. The summed E-state index contributed by atoms with van der Waals surface area (Å²) >= 11 is 0. The van der Waals surface area contributed by atoms with Crippen LogP contribution in [0.4, 0.5) is 5.82 Å². The number of ether oxygens (including phenoxy) is 1. The lowest BCUT2D eigenvalue weighted by Gasteiger charge is -2.30. The number of aryl methyl sites for hydroxylation is 1. The molecule has 5 nitrogen and oxygen atoms in total. The number of rotatable bonds is 4.